The molecule has 0 saturated carbocycles. The van der Waals surface area contributed by atoms with Gasteiger partial charge in [0.2, 0.25) is 0 Å². The first kappa shape index (κ1) is 23.1. The van der Waals surface area contributed by atoms with E-state index in [0.717, 1.165) is 27.6 Å². The lowest BCUT2D eigenvalue weighted by Gasteiger charge is -2.16. The SMILES string of the molecule is Cc1cc(-c2nnc(-c3cc(F)c(OC[C@H](N)[C@@H](C)O)cc3C)s2)cc(NC(C)C)n1. The summed E-state index contributed by atoms with van der Waals surface area (Å²) < 4.78 is 20.1. The minimum absolute atomic E-state index is 0.0183. The molecule has 0 aliphatic heterocycles. The van der Waals surface area contributed by atoms with Gasteiger partial charge in [0.1, 0.15) is 22.4 Å². The zero-order chi connectivity index (χ0) is 22.7. The van der Waals surface area contributed by atoms with E-state index in [9.17, 15) is 9.50 Å². The van der Waals surface area contributed by atoms with Crippen molar-refractivity contribution in [3.05, 3.63) is 41.3 Å². The van der Waals surface area contributed by atoms with Crippen molar-refractivity contribution in [3.8, 4) is 26.9 Å². The summed E-state index contributed by atoms with van der Waals surface area (Å²) in [5.41, 5.74) is 8.99. The summed E-state index contributed by atoms with van der Waals surface area (Å²) in [5, 5.41) is 22.7. The number of halogens is 1. The minimum atomic E-state index is -0.740. The number of rotatable bonds is 8. The molecule has 3 aromatic rings. The first-order chi connectivity index (χ1) is 14.6. The van der Waals surface area contributed by atoms with Crippen molar-refractivity contribution < 1.29 is 14.2 Å². The molecule has 0 amide bonds. The third-order valence-electron chi connectivity index (χ3n) is 4.62. The number of nitrogens with zero attached hydrogens (tertiary/aromatic N) is 3. The first-order valence-electron chi connectivity index (χ1n) is 10.1. The topological polar surface area (TPSA) is 106 Å². The molecule has 0 radical (unpaired) electrons. The molecular weight excluding hydrogens is 417 g/mol. The van der Waals surface area contributed by atoms with E-state index in [4.69, 9.17) is 10.5 Å². The first-order valence-corrected chi connectivity index (χ1v) is 10.9. The molecule has 9 heteroatoms. The van der Waals surface area contributed by atoms with Crippen LogP contribution in [-0.4, -0.2) is 45.1 Å². The van der Waals surface area contributed by atoms with E-state index in [-0.39, 0.29) is 18.4 Å². The average molecular weight is 446 g/mol. The molecule has 0 aliphatic carbocycles. The van der Waals surface area contributed by atoms with Crippen LogP contribution in [0.15, 0.2) is 24.3 Å². The van der Waals surface area contributed by atoms with Gasteiger partial charge in [-0.25, -0.2) is 9.37 Å². The maximum atomic E-state index is 14.6. The highest BCUT2D eigenvalue weighted by Gasteiger charge is 2.17. The van der Waals surface area contributed by atoms with Crippen LogP contribution in [0.4, 0.5) is 10.2 Å². The number of pyridine rings is 1. The number of benzene rings is 1. The molecule has 1 aromatic carbocycles. The van der Waals surface area contributed by atoms with E-state index < -0.39 is 18.0 Å². The molecule has 166 valence electrons. The molecule has 0 bridgehead atoms. The summed E-state index contributed by atoms with van der Waals surface area (Å²) in [4.78, 5) is 4.50. The Morgan fingerprint density at radius 2 is 1.84 bits per heavy atom. The molecule has 0 aliphatic rings. The molecule has 7 nitrogen and oxygen atoms in total. The third-order valence-corrected chi connectivity index (χ3v) is 5.63. The van der Waals surface area contributed by atoms with E-state index >= 15 is 0 Å². The molecule has 2 atom stereocenters. The van der Waals surface area contributed by atoms with Gasteiger partial charge in [-0.3, -0.25) is 0 Å². The third kappa shape index (κ3) is 5.75. The summed E-state index contributed by atoms with van der Waals surface area (Å²) in [5.74, 6) is 0.357. The fourth-order valence-electron chi connectivity index (χ4n) is 2.93. The van der Waals surface area contributed by atoms with Crippen LogP contribution < -0.4 is 15.8 Å². The number of aliphatic hydroxyl groups is 1. The van der Waals surface area contributed by atoms with E-state index in [1.54, 1.807) is 13.0 Å². The van der Waals surface area contributed by atoms with Gasteiger partial charge in [0.15, 0.2) is 11.6 Å². The van der Waals surface area contributed by atoms with Crippen molar-refractivity contribution in [2.75, 3.05) is 11.9 Å². The fraction of sp³-hybridized carbons (Fsp3) is 0.409. The maximum absolute atomic E-state index is 14.6. The van der Waals surface area contributed by atoms with Gasteiger partial charge in [-0.15, -0.1) is 10.2 Å². The predicted molar refractivity (Wildman–Crippen MR) is 122 cm³/mol. The maximum Gasteiger partial charge on any atom is 0.165 e. The average Bonchev–Trinajstić information content (AvgIpc) is 3.17. The number of hydrogen-bond acceptors (Lipinski definition) is 8. The molecule has 0 fully saturated rings. The van der Waals surface area contributed by atoms with Crippen LogP contribution >= 0.6 is 11.3 Å². The van der Waals surface area contributed by atoms with Gasteiger partial charge in [0.05, 0.1) is 12.1 Å². The molecule has 0 saturated heterocycles. The number of aliphatic hydroxyl groups excluding tert-OH is 1. The highest BCUT2D eigenvalue weighted by atomic mass is 32.1. The van der Waals surface area contributed by atoms with Gasteiger partial charge < -0.3 is 20.9 Å². The summed E-state index contributed by atoms with van der Waals surface area (Å²) in [6.07, 6.45) is -0.740. The zero-order valence-electron chi connectivity index (χ0n) is 18.3. The van der Waals surface area contributed by atoms with Crippen molar-refractivity contribution in [2.45, 2.75) is 52.8 Å². The molecule has 4 N–H and O–H groups in total. The second kappa shape index (κ2) is 9.67. The summed E-state index contributed by atoms with van der Waals surface area (Å²) in [7, 11) is 0. The monoisotopic (exact) mass is 445 g/mol. The van der Waals surface area contributed by atoms with Crippen molar-refractivity contribution >= 4 is 17.2 Å². The number of nitrogens with one attached hydrogen (secondary N) is 1. The summed E-state index contributed by atoms with van der Waals surface area (Å²) >= 11 is 1.39. The lowest BCUT2D eigenvalue weighted by atomic mass is 10.1. The van der Waals surface area contributed by atoms with Gasteiger partial charge in [0.25, 0.3) is 0 Å². The Kier molecular flexibility index (Phi) is 7.19. The number of aromatic nitrogens is 3. The second-order valence-electron chi connectivity index (χ2n) is 7.91. The van der Waals surface area contributed by atoms with Crippen LogP contribution in [0, 0.1) is 19.7 Å². The van der Waals surface area contributed by atoms with Gasteiger partial charge >= 0.3 is 0 Å². The van der Waals surface area contributed by atoms with Gasteiger partial charge in [-0.05, 0) is 64.4 Å². The van der Waals surface area contributed by atoms with Crippen LogP contribution in [0.5, 0.6) is 5.75 Å². The minimum Gasteiger partial charge on any atom is -0.489 e. The van der Waals surface area contributed by atoms with Crippen molar-refractivity contribution in [1.82, 2.24) is 15.2 Å². The second-order valence-corrected chi connectivity index (χ2v) is 8.88. The highest BCUT2D eigenvalue weighted by molar-refractivity contribution is 7.17. The Morgan fingerprint density at radius 3 is 2.52 bits per heavy atom. The van der Waals surface area contributed by atoms with Crippen molar-refractivity contribution in [3.63, 3.8) is 0 Å². The number of hydrogen-bond donors (Lipinski definition) is 3. The molecular formula is C22H28FN5O2S. The van der Waals surface area contributed by atoms with Crippen LogP contribution in [-0.2, 0) is 0 Å². The smallest absolute Gasteiger partial charge is 0.165 e. The molecule has 0 spiro atoms. The Labute approximate surface area is 185 Å². The normalized spacial score (nSPS) is 13.3. The molecule has 2 heterocycles. The lowest BCUT2D eigenvalue weighted by Crippen LogP contribution is -2.38. The number of anilines is 1. The Balaban J connectivity index is 1.86. The Bertz CT molecular complexity index is 1050. The van der Waals surface area contributed by atoms with Crippen LogP contribution in [0.1, 0.15) is 32.0 Å². The van der Waals surface area contributed by atoms with Crippen molar-refractivity contribution in [1.29, 1.82) is 0 Å². The lowest BCUT2D eigenvalue weighted by molar-refractivity contribution is 0.129. The van der Waals surface area contributed by atoms with E-state index in [1.807, 2.05) is 26.0 Å². The van der Waals surface area contributed by atoms with Crippen LogP contribution in [0.25, 0.3) is 21.1 Å². The standard InChI is InChI=1S/C22H28FN5O2S/c1-11(2)25-20-8-15(7-13(4)26-20)21-27-28-22(31-21)16-9-17(23)19(6-12(16)3)30-10-18(24)14(5)29/h6-9,11,14,18,29H,10,24H2,1-5H3,(H,25,26)/t14-,18+/m1/s1. The zero-order valence-corrected chi connectivity index (χ0v) is 19.1. The van der Waals surface area contributed by atoms with Crippen molar-refractivity contribution in [2.24, 2.45) is 5.73 Å². The molecule has 31 heavy (non-hydrogen) atoms. The molecule has 3 rings (SSSR count). The summed E-state index contributed by atoms with van der Waals surface area (Å²) in [6, 6.07) is 6.56. The number of aryl methyl sites for hydroxylation is 2. The van der Waals surface area contributed by atoms with Crippen LogP contribution in [0.3, 0.4) is 0 Å². The quantitative estimate of drug-likeness (QED) is 0.482. The Morgan fingerprint density at radius 1 is 1.13 bits per heavy atom. The highest BCUT2D eigenvalue weighted by Crippen LogP contribution is 2.35. The van der Waals surface area contributed by atoms with E-state index in [1.165, 1.54) is 17.4 Å². The molecule has 2 aromatic heterocycles. The van der Waals surface area contributed by atoms with Gasteiger partial charge in [-0.1, -0.05) is 11.3 Å². The molecule has 0 unspecified atom stereocenters. The Hall–Kier alpha value is -2.62. The largest absolute Gasteiger partial charge is 0.489 e. The summed E-state index contributed by atoms with van der Waals surface area (Å²) in [6.45, 7) is 9.48. The van der Waals surface area contributed by atoms with E-state index in [2.05, 4.69) is 34.3 Å². The van der Waals surface area contributed by atoms with E-state index in [0.29, 0.717) is 10.6 Å². The fourth-order valence-corrected chi connectivity index (χ4v) is 3.84. The number of ether oxygens (including phenoxy) is 1. The van der Waals surface area contributed by atoms with Gasteiger partial charge in [0, 0.05) is 22.9 Å². The van der Waals surface area contributed by atoms with Gasteiger partial charge in [-0.2, -0.15) is 0 Å². The number of nitrogens with two attached hydrogens (primary N) is 1. The predicted octanol–water partition coefficient (Wildman–Crippen LogP) is 3.93. The van der Waals surface area contributed by atoms with Crippen LogP contribution in [0.2, 0.25) is 0 Å².